The molecular weight excluding hydrogens is 368 g/mol. The van der Waals surface area contributed by atoms with E-state index in [0.717, 1.165) is 25.8 Å². The lowest BCUT2D eigenvalue weighted by Gasteiger charge is -2.44. The zero-order valence-corrected chi connectivity index (χ0v) is 16.0. The fourth-order valence-electron chi connectivity index (χ4n) is 4.07. The number of fused-ring (bicyclic) bond motifs is 1. The van der Waals surface area contributed by atoms with Crippen molar-refractivity contribution in [3.05, 3.63) is 34.9 Å². The van der Waals surface area contributed by atoms with Gasteiger partial charge < -0.3 is 15.0 Å². The van der Waals surface area contributed by atoms with Gasteiger partial charge in [-0.2, -0.15) is 0 Å². The van der Waals surface area contributed by atoms with Gasteiger partial charge in [0.05, 0.1) is 0 Å². The molecule has 1 saturated carbocycles. The summed E-state index contributed by atoms with van der Waals surface area (Å²) in [6.07, 6.45) is 6.82. The minimum absolute atomic E-state index is 0.135. The summed E-state index contributed by atoms with van der Waals surface area (Å²) in [5.41, 5.74) is 0.403. The molecule has 0 spiro atoms. The van der Waals surface area contributed by atoms with Gasteiger partial charge in [0, 0.05) is 23.2 Å². The number of hydrogen-bond donors (Lipinski definition) is 1. The van der Waals surface area contributed by atoms with Crippen molar-refractivity contribution in [1.29, 1.82) is 0 Å². The molecule has 27 heavy (non-hydrogen) atoms. The fourth-order valence-corrected chi connectivity index (χ4v) is 4.19. The fraction of sp³-hybridized carbons (Fsp3) is 0.550. The van der Waals surface area contributed by atoms with E-state index in [9.17, 15) is 14.4 Å². The lowest BCUT2D eigenvalue weighted by Crippen LogP contribution is -2.51. The van der Waals surface area contributed by atoms with Crippen LogP contribution in [0.1, 0.15) is 48.9 Å². The second-order valence-corrected chi connectivity index (χ2v) is 7.63. The Kier molecular flexibility index (Phi) is 6.72. The van der Waals surface area contributed by atoms with Crippen LogP contribution < -0.4 is 5.32 Å². The standard InChI is InChI=1S/C20H25ClN2O4/c21-16-9-7-15(8-10-16)20(26)22-12-19(25)27-13-18(24)23-11-3-5-14-4-1-2-6-17(14)23/h7-10,14,17H,1-6,11-13H2,(H,22,26)/t14-,17-/m1/s1. The molecule has 146 valence electrons. The first-order valence-corrected chi connectivity index (χ1v) is 9.91. The monoisotopic (exact) mass is 392 g/mol. The first-order chi connectivity index (χ1) is 13.0. The summed E-state index contributed by atoms with van der Waals surface area (Å²) in [6.45, 7) is 0.199. The Morgan fingerprint density at radius 3 is 2.56 bits per heavy atom. The summed E-state index contributed by atoms with van der Waals surface area (Å²) in [5, 5.41) is 3.02. The summed E-state index contributed by atoms with van der Waals surface area (Å²) < 4.78 is 5.08. The molecular formula is C20H25ClN2O4. The SMILES string of the molecule is O=C(CNC(=O)c1ccc(Cl)cc1)OCC(=O)N1CCC[C@H]2CCCC[C@H]21. The molecule has 0 radical (unpaired) electrons. The van der Waals surface area contributed by atoms with Crippen LogP contribution >= 0.6 is 11.6 Å². The lowest BCUT2D eigenvalue weighted by molar-refractivity contribution is -0.154. The highest BCUT2D eigenvalue weighted by Crippen LogP contribution is 2.35. The molecule has 2 amide bonds. The Balaban J connectivity index is 1.42. The maximum absolute atomic E-state index is 12.5. The van der Waals surface area contributed by atoms with E-state index in [0.29, 0.717) is 22.5 Å². The minimum atomic E-state index is -0.622. The highest BCUT2D eigenvalue weighted by Gasteiger charge is 2.35. The van der Waals surface area contributed by atoms with Crippen LogP contribution in [0.2, 0.25) is 5.02 Å². The van der Waals surface area contributed by atoms with Crippen LogP contribution in [0.3, 0.4) is 0 Å². The largest absolute Gasteiger partial charge is 0.454 e. The van der Waals surface area contributed by atoms with Crippen LogP contribution in [0.15, 0.2) is 24.3 Å². The maximum Gasteiger partial charge on any atom is 0.325 e. The summed E-state index contributed by atoms with van der Waals surface area (Å²) in [6, 6.07) is 6.64. The molecule has 0 unspecified atom stereocenters. The van der Waals surface area contributed by atoms with Crippen LogP contribution in [-0.2, 0) is 14.3 Å². The molecule has 1 aliphatic carbocycles. The number of piperidine rings is 1. The molecule has 1 aromatic carbocycles. The predicted octanol–water partition coefficient (Wildman–Crippen LogP) is 2.79. The molecule has 7 heteroatoms. The van der Waals surface area contributed by atoms with Gasteiger partial charge in [-0.1, -0.05) is 24.4 Å². The van der Waals surface area contributed by atoms with Crippen LogP contribution in [-0.4, -0.2) is 48.4 Å². The van der Waals surface area contributed by atoms with E-state index in [1.54, 1.807) is 24.3 Å². The van der Waals surface area contributed by atoms with Gasteiger partial charge >= 0.3 is 5.97 Å². The summed E-state index contributed by atoms with van der Waals surface area (Å²) in [5.74, 6) is -0.561. The number of nitrogens with one attached hydrogen (secondary N) is 1. The number of hydrogen-bond acceptors (Lipinski definition) is 4. The normalized spacial score (nSPS) is 21.9. The van der Waals surface area contributed by atoms with Gasteiger partial charge in [0.1, 0.15) is 6.54 Å². The van der Waals surface area contributed by atoms with Gasteiger partial charge in [0.25, 0.3) is 11.8 Å². The molecule has 0 bridgehead atoms. The van der Waals surface area contributed by atoms with Gasteiger partial charge in [-0.05, 0) is 55.9 Å². The molecule has 3 rings (SSSR count). The Hall–Kier alpha value is -2.08. The predicted molar refractivity (Wildman–Crippen MR) is 101 cm³/mol. The van der Waals surface area contributed by atoms with Gasteiger partial charge in [-0.15, -0.1) is 0 Å². The van der Waals surface area contributed by atoms with Crippen molar-refractivity contribution in [2.24, 2.45) is 5.92 Å². The van der Waals surface area contributed by atoms with Gasteiger partial charge in [-0.25, -0.2) is 0 Å². The number of ether oxygens (including phenoxy) is 1. The van der Waals surface area contributed by atoms with Crippen molar-refractivity contribution in [2.75, 3.05) is 19.7 Å². The third kappa shape index (κ3) is 5.22. The highest BCUT2D eigenvalue weighted by atomic mass is 35.5. The molecule has 2 fully saturated rings. The molecule has 6 nitrogen and oxygen atoms in total. The average molecular weight is 393 g/mol. The first kappa shape index (κ1) is 19.7. The van der Waals surface area contributed by atoms with Crippen molar-refractivity contribution in [1.82, 2.24) is 10.2 Å². The molecule has 1 heterocycles. The van der Waals surface area contributed by atoms with Crippen molar-refractivity contribution in [2.45, 2.75) is 44.6 Å². The third-order valence-electron chi connectivity index (χ3n) is 5.42. The van der Waals surface area contributed by atoms with Crippen LogP contribution in [0.25, 0.3) is 0 Å². The van der Waals surface area contributed by atoms with Crippen LogP contribution in [0.4, 0.5) is 0 Å². The van der Waals surface area contributed by atoms with Crippen molar-refractivity contribution in [3.63, 3.8) is 0 Å². The Morgan fingerprint density at radius 1 is 1.07 bits per heavy atom. The number of nitrogens with zero attached hydrogens (tertiary/aromatic N) is 1. The van der Waals surface area contributed by atoms with E-state index in [2.05, 4.69) is 5.32 Å². The number of esters is 1. The quantitative estimate of drug-likeness (QED) is 0.782. The first-order valence-electron chi connectivity index (χ1n) is 9.53. The number of carbonyl (C=O) groups excluding carboxylic acids is 3. The second-order valence-electron chi connectivity index (χ2n) is 7.19. The smallest absolute Gasteiger partial charge is 0.325 e. The number of amides is 2. The highest BCUT2D eigenvalue weighted by molar-refractivity contribution is 6.30. The molecule has 1 N–H and O–H groups in total. The zero-order chi connectivity index (χ0) is 19.2. The van der Waals surface area contributed by atoms with Gasteiger partial charge in [-0.3, -0.25) is 14.4 Å². The van der Waals surface area contributed by atoms with Crippen LogP contribution in [0, 0.1) is 5.92 Å². The number of carbonyl (C=O) groups is 3. The Labute approximate surface area is 164 Å². The third-order valence-corrected chi connectivity index (χ3v) is 5.67. The van der Waals surface area contributed by atoms with Crippen molar-refractivity contribution >= 4 is 29.4 Å². The van der Waals surface area contributed by atoms with E-state index < -0.39 is 11.9 Å². The molecule has 1 aromatic rings. The lowest BCUT2D eigenvalue weighted by atomic mass is 9.78. The van der Waals surface area contributed by atoms with E-state index in [4.69, 9.17) is 16.3 Å². The molecule has 1 saturated heterocycles. The van der Waals surface area contributed by atoms with E-state index in [-0.39, 0.29) is 19.1 Å². The molecule has 2 aliphatic rings. The van der Waals surface area contributed by atoms with Gasteiger partial charge in [0.2, 0.25) is 0 Å². The second kappa shape index (κ2) is 9.22. The molecule has 1 aliphatic heterocycles. The molecule has 0 aromatic heterocycles. The summed E-state index contributed by atoms with van der Waals surface area (Å²) >= 11 is 5.78. The van der Waals surface area contributed by atoms with E-state index in [1.807, 2.05) is 4.90 Å². The average Bonchev–Trinajstić information content (AvgIpc) is 2.70. The van der Waals surface area contributed by atoms with Gasteiger partial charge in [0.15, 0.2) is 6.61 Å². The van der Waals surface area contributed by atoms with Crippen molar-refractivity contribution < 1.29 is 19.1 Å². The zero-order valence-electron chi connectivity index (χ0n) is 15.3. The molecule has 2 atom stereocenters. The maximum atomic E-state index is 12.5. The van der Waals surface area contributed by atoms with Crippen molar-refractivity contribution in [3.8, 4) is 0 Å². The minimum Gasteiger partial charge on any atom is -0.454 e. The Morgan fingerprint density at radius 2 is 1.78 bits per heavy atom. The number of halogens is 1. The summed E-state index contributed by atoms with van der Waals surface area (Å²) in [4.78, 5) is 38.2. The number of likely N-dealkylation sites (tertiary alicyclic amines) is 1. The number of benzene rings is 1. The number of rotatable bonds is 5. The Bertz CT molecular complexity index is 690. The summed E-state index contributed by atoms with van der Waals surface area (Å²) in [7, 11) is 0. The van der Waals surface area contributed by atoms with E-state index >= 15 is 0 Å². The topological polar surface area (TPSA) is 75.7 Å². The van der Waals surface area contributed by atoms with E-state index in [1.165, 1.54) is 19.3 Å². The van der Waals surface area contributed by atoms with Crippen LogP contribution in [0.5, 0.6) is 0 Å².